The van der Waals surface area contributed by atoms with Gasteiger partial charge >= 0.3 is 0 Å². The number of nitrogens with zero attached hydrogens (tertiary/aromatic N) is 2. The zero-order valence-corrected chi connectivity index (χ0v) is 8.62. The van der Waals surface area contributed by atoms with Crippen LogP contribution in [-0.4, -0.2) is 9.85 Å². The largest absolute Gasteiger partial charge is 0.270 e. The molecule has 0 saturated heterocycles. The van der Waals surface area contributed by atoms with E-state index >= 15 is 0 Å². The van der Waals surface area contributed by atoms with Crippen LogP contribution >= 0.6 is 0 Å². The molecule has 0 aromatic heterocycles. The standard InChI is InChI=1S/C10H10N2O4/c1-2-9(11(13)14)6-8-4-3-5-10(7-8)12(15)16/h3-7H,2H2,1H3/b9-6+. The average Bonchev–Trinajstić information content (AvgIpc) is 2.25. The molecule has 0 amide bonds. The maximum absolute atomic E-state index is 10.6. The van der Waals surface area contributed by atoms with Crippen molar-refractivity contribution in [2.75, 3.05) is 0 Å². The van der Waals surface area contributed by atoms with Crippen LogP contribution in [0.25, 0.3) is 6.08 Å². The van der Waals surface area contributed by atoms with E-state index in [4.69, 9.17) is 0 Å². The molecule has 6 heteroatoms. The Morgan fingerprint density at radius 1 is 1.38 bits per heavy atom. The molecule has 0 N–H and O–H groups in total. The number of hydrogen-bond acceptors (Lipinski definition) is 4. The number of rotatable bonds is 4. The van der Waals surface area contributed by atoms with E-state index in [2.05, 4.69) is 0 Å². The summed E-state index contributed by atoms with van der Waals surface area (Å²) in [7, 11) is 0. The lowest BCUT2D eigenvalue weighted by Gasteiger charge is -1.96. The molecule has 1 aromatic carbocycles. The molecule has 0 fully saturated rings. The molecule has 0 bridgehead atoms. The SMILES string of the molecule is CC/C(=C\c1cccc([N+](=O)[O-])c1)[N+](=O)[O-]. The first-order chi connectivity index (χ1) is 7.54. The summed E-state index contributed by atoms with van der Waals surface area (Å²) in [6, 6.07) is 5.73. The minimum absolute atomic E-state index is 0.0282. The van der Waals surface area contributed by atoms with E-state index in [-0.39, 0.29) is 17.8 Å². The lowest BCUT2D eigenvalue weighted by atomic mass is 10.1. The Hall–Kier alpha value is -2.24. The molecule has 6 nitrogen and oxygen atoms in total. The topological polar surface area (TPSA) is 86.3 Å². The van der Waals surface area contributed by atoms with Crippen LogP contribution in [0, 0.1) is 20.2 Å². The number of nitro groups is 2. The van der Waals surface area contributed by atoms with Gasteiger partial charge in [0.15, 0.2) is 0 Å². The van der Waals surface area contributed by atoms with Crippen molar-refractivity contribution in [3.8, 4) is 0 Å². The van der Waals surface area contributed by atoms with Crippen LogP contribution in [0.4, 0.5) is 5.69 Å². The first-order valence-electron chi connectivity index (χ1n) is 4.64. The molecule has 0 radical (unpaired) electrons. The second kappa shape index (κ2) is 5.01. The van der Waals surface area contributed by atoms with Crippen molar-refractivity contribution in [3.63, 3.8) is 0 Å². The monoisotopic (exact) mass is 222 g/mol. The van der Waals surface area contributed by atoms with E-state index in [9.17, 15) is 20.2 Å². The summed E-state index contributed by atoms with van der Waals surface area (Å²) in [4.78, 5) is 20.0. The molecular weight excluding hydrogens is 212 g/mol. The Bertz CT molecular complexity index is 454. The maximum Gasteiger partial charge on any atom is 0.270 e. The molecule has 0 aliphatic carbocycles. The molecular formula is C10H10N2O4. The van der Waals surface area contributed by atoms with Gasteiger partial charge in [-0.3, -0.25) is 20.2 Å². The Labute approximate surface area is 91.5 Å². The number of benzene rings is 1. The third-order valence-corrected chi connectivity index (χ3v) is 2.01. The quantitative estimate of drug-likeness (QED) is 0.578. The molecule has 1 rings (SSSR count). The van der Waals surface area contributed by atoms with Gasteiger partial charge in [0, 0.05) is 24.6 Å². The predicted molar refractivity (Wildman–Crippen MR) is 58.4 cm³/mol. The normalized spacial score (nSPS) is 11.2. The Morgan fingerprint density at radius 2 is 2.06 bits per heavy atom. The first kappa shape index (κ1) is 11.8. The van der Waals surface area contributed by atoms with Crippen molar-refractivity contribution in [2.45, 2.75) is 13.3 Å². The average molecular weight is 222 g/mol. The molecule has 84 valence electrons. The van der Waals surface area contributed by atoms with Crippen molar-refractivity contribution in [1.29, 1.82) is 0 Å². The predicted octanol–water partition coefficient (Wildman–Crippen LogP) is 2.62. The van der Waals surface area contributed by atoms with Crippen LogP contribution in [0.3, 0.4) is 0 Å². The van der Waals surface area contributed by atoms with Gasteiger partial charge in [0.2, 0.25) is 5.70 Å². The van der Waals surface area contributed by atoms with Crippen molar-refractivity contribution >= 4 is 11.8 Å². The lowest BCUT2D eigenvalue weighted by Crippen LogP contribution is -1.96. The molecule has 0 unspecified atom stereocenters. The van der Waals surface area contributed by atoms with Gasteiger partial charge in [-0.05, 0) is 5.56 Å². The van der Waals surface area contributed by atoms with E-state index in [1.165, 1.54) is 24.3 Å². The van der Waals surface area contributed by atoms with Gasteiger partial charge in [0.05, 0.1) is 9.85 Å². The summed E-state index contributed by atoms with van der Waals surface area (Å²) in [6.07, 6.45) is 1.61. The second-order valence-electron chi connectivity index (χ2n) is 3.10. The van der Waals surface area contributed by atoms with E-state index in [1.807, 2.05) is 0 Å². The zero-order valence-electron chi connectivity index (χ0n) is 8.62. The first-order valence-corrected chi connectivity index (χ1v) is 4.64. The highest BCUT2D eigenvalue weighted by Crippen LogP contribution is 2.16. The summed E-state index contributed by atoms with van der Waals surface area (Å²) in [5.41, 5.74) is 0.413. The van der Waals surface area contributed by atoms with Gasteiger partial charge in [-0.25, -0.2) is 0 Å². The fourth-order valence-electron chi connectivity index (χ4n) is 1.20. The van der Waals surface area contributed by atoms with E-state index in [1.54, 1.807) is 13.0 Å². The molecule has 0 atom stereocenters. The third kappa shape index (κ3) is 2.88. The Morgan fingerprint density at radius 3 is 2.56 bits per heavy atom. The number of non-ortho nitro benzene ring substituents is 1. The molecule has 0 spiro atoms. The zero-order chi connectivity index (χ0) is 12.1. The van der Waals surface area contributed by atoms with Gasteiger partial charge in [-0.15, -0.1) is 0 Å². The van der Waals surface area contributed by atoms with Crippen molar-refractivity contribution < 1.29 is 9.85 Å². The summed E-state index contributed by atoms with van der Waals surface area (Å²) in [5.74, 6) is 0. The summed E-state index contributed by atoms with van der Waals surface area (Å²) >= 11 is 0. The van der Waals surface area contributed by atoms with Crippen LogP contribution in [0.1, 0.15) is 18.9 Å². The smallest absolute Gasteiger partial charge is 0.259 e. The van der Waals surface area contributed by atoms with Crippen molar-refractivity contribution in [2.24, 2.45) is 0 Å². The van der Waals surface area contributed by atoms with Gasteiger partial charge in [0.25, 0.3) is 5.69 Å². The minimum Gasteiger partial charge on any atom is -0.259 e. The number of allylic oxidation sites excluding steroid dienone is 1. The molecule has 1 aromatic rings. The van der Waals surface area contributed by atoms with E-state index < -0.39 is 9.85 Å². The van der Waals surface area contributed by atoms with Crippen LogP contribution in [0.15, 0.2) is 30.0 Å². The Balaban J connectivity index is 3.09. The van der Waals surface area contributed by atoms with E-state index in [0.29, 0.717) is 5.56 Å². The van der Waals surface area contributed by atoms with E-state index in [0.717, 1.165) is 0 Å². The van der Waals surface area contributed by atoms with Gasteiger partial charge < -0.3 is 0 Å². The molecule has 16 heavy (non-hydrogen) atoms. The Kier molecular flexibility index (Phi) is 3.71. The highest BCUT2D eigenvalue weighted by molar-refractivity contribution is 5.54. The third-order valence-electron chi connectivity index (χ3n) is 2.01. The van der Waals surface area contributed by atoms with Gasteiger partial charge in [0.1, 0.15) is 0 Å². The van der Waals surface area contributed by atoms with Gasteiger partial charge in [-0.1, -0.05) is 19.1 Å². The summed E-state index contributed by atoms with van der Waals surface area (Å²) in [6.45, 7) is 1.66. The lowest BCUT2D eigenvalue weighted by molar-refractivity contribution is -0.425. The molecule has 0 aliphatic heterocycles. The van der Waals surface area contributed by atoms with Gasteiger partial charge in [-0.2, -0.15) is 0 Å². The number of hydrogen-bond donors (Lipinski definition) is 0. The molecule has 0 aliphatic rings. The fraction of sp³-hybridized carbons (Fsp3) is 0.200. The summed E-state index contributed by atoms with van der Waals surface area (Å²) < 4.78 is 0. The van der Waals surface area contributed by atoms with Crippen molar-refractivity contribution in [1.82, 2.24) is 0 Å². The summed E-state index contributed by atoms with van der Waals surface area (Å²) in [5, 5.41) is 21.1. The number of nitro benzene ring substituents is 1. The maximum atomic E-state index is 10.6. The molecule has 0 saturated carbocycles. The second-order valence-corrected chi connectivity index (χ2v) is 3.10. The van der Waals surface area contributed by atoms with Crippen LogP contribution in [-0.2, 0) is 0 Å². The van der Waals surface area contributed by atoms with Crippen molar-refractivity contribution in [3.05, 3.63) is 55.8 Å². The fourth-order valence-corrected chi connectivity index (χ4v) is 1.20. The van der Waals surface area contributed by atoms with Crippen LogP contribution in [0.2, 0.25) is 0 Å². The highest BCUT2D eigenvalue weighted by Gasteiger charge is 2.09. The minimum atomic E-state index is -0.533. The van der Waals surface area contributed by atoms with Crippen LogP contribution < -0.4 is 0 Å². The van der Waals surface area contributed by atoms with Crippen LogP contribution in [0.5, 0.6) is 0 Å². The highest BCUT2D eigenvalue weighted by atomic mass is 16.6. The molecule has 0 heterocycles.